The molecule has 0 saturated carbocycles. The minimum absolute atomic E-state index is 0.237. The second-order valence-corrected chi connectivity index (χ2v) is 8.94. The van der Waals surface area contributed by atoms with E-state index in [4.69, 9.17) is 20.9 Å². The molecule has 1 saturated heterocycles. The molecule has 1 fully saturated rings. The fourth-order valence-corrected chi connectivity index (χ4v) is 3.43. The smallest absolute Gasteiger partial charge is 0.410 e. The van der Waals surface area contributed by atoms with Gasteiger partial charge in [0.25, 0.3) is 5.91 Å². The highest BCUT2D eigenvalue weighted by Gasteiger charge is 2.25. The Balaban J connectivity index is 1.36. The van der Waals surface area contributed by atoms with Gasteiger partial charge in [0.15, 0.2) is 11.5 Å². The molecule has 0 spiro atoms. The van der Waals surface area contributed by atoms with Gasteiger partial charge in [0, 0.05) is 49.4 Å². The van der Waals surface area contributed by atoms with E-state index in [2.05, 4.69) is 15.4 Å². The van der Waals surface area contributed by atoms with Gasteiger partial charge in [-0.15, -0.1) is 0 Å². The van der Waals surface area contributed by atoms with E-state index >= 15 is 0 Å². The number of hydrogen-bond donors (Lipinski definition) is 1. The van der Waals surface area contributed by atoms with Crippen molar-refractivity contribution in [2.75, 3.05) is 39.3 Å². The minimum Gasteiger partial charge on any atom is -0.444 e. The summed E-state index contributed by atoms with van der Waals surface area (Å²) in [6.07, 6.45) is 0.543. The topological polar surface area (TPSA) is 87.9 Å². The van der Waals surface area contributed by atoms with Gasteiger partial charge < -0.3 is 19.5 Å². The SMILES string of the molecule is CC(C)(C)OC(=O)N1CCN(CCCNC(=O)c2cc(-c3cccc(Cl)c3)on2)CC1. The third-order valence-electron chi connectivity index (χ3n) is 4.81. The summed E-state index contributed by atoms with van der Waals surface area (Å²) in [5.41, 5.74) is 0.524. The number of hydrogen-bond acceptors (Lipinski definition) is 6. The Bertz CT molecular complexity index is 901. The fraction of sp³-hybridized carbons (Fsp3) is 0.500. The number of benzene rings is 1. The highest BCUT2D eigenvalue weighted by molar-refractivity contribution is 6.30. The largest absolute Gasteiger partial charge is 0.444 e. The van der Waals surface area contributed by atoms with Crippen molar-refractivity contribution in [1.29, 1.82) is 0 Å². The predicted molar refractivity (Wildman–Crippen MR) is 118 cm³/mol. The van der Waals surface area contributed by atoms with Gasteiger partial charge in [0.1, 0.15) is 5.60 Å². The Hall–Kier alpha value is -2.58. The van der Waals surface area contributed by atoms with E-state index in [1.54, 1.807) is 23.1 Å². The summed E-state index contributed by atoms with van der Waals surface area (Å²) in [6.45, 7) is 9.85. The normalized spacial score (nSPS) is 15.0. The third-order valence-corrected chi connectivity index (χ3v) is 5.05. The van der Waals surface area contributed by atoms with Crippen LogP contribution in [0.2, 0.25) is 5.02 Å². The van der Waals surface area contributed by atoms with Crippen LogP contribution >= 0.6 is 11.6 Å². The van der Waals surface area contributed by atoms with Gasteiger partial charge in [-0.3, -0.25) is 9.69 Å². The molecule has 3 rings (SSSR count). The van der Waals surface area contributed by atoms with Crippen LogP contribution in [0.25, 0.3) is 11.3 Å². The van der Waals surface area contributed by atoms with Crippen molar-refractivity contribution in [1.82, 2.24) is 20.3 Å². The number of ether oxygens (including phenoxy) is 1. The van der Waals surface area contributed by atoms with Crippen LogP contribution in [0, 0.1) is 0 Å². The molecule has 31 heavy (non-hydrogen) atoms. The first-order valence-electron chi connectivity index (χ1n) is 10.4. The number of rotatable bonds is 6. The minimum atomic E-state index is -0.481. The maximum atomic E-state index is 12.3. The van der Waals surface area contributed by atoms with Gasteiger partial charge in [0.2, 0.25) is 0 Å². The molecule has 2 amide bonds. The summed E-state index contributed by atoms with van der Waals surface area (Å²) in [5, 5.41) is 7.31. The third kappa shape index (κ3) is 6.97. The highest BCUT2D eigenvalue weighted by Crippen LogP contribution is 2.23. The summed E-state index contributed by atoms with van der Waals surface area (Å²) in [6, 6.07) is 8.79. The average Bonchev–Trinajstić information content (AvgIpc) is 3.21. The maximum Gasteiger partial charge on any atom is 0.410 e. The summed E-state index contributed by atoms with van der Waals surface area (Å²) in [5.74, 6) is 0.224. The molecule has 1 N–H and O–H groups in total. The number of nitrogens with zero attached hydrogens (tertiary/aromatic N) is 3. The number of nitrogens with one attached hydrogen (secondary N) is 1. The van der Waals surface area contributed by atoms with Gasteiger partial charge in [-0.2, -0.15) is 0 Å². The standard InChI is InChI=1S/C22H29ClN4O4/c1-22(2,3)30-21(29)27-12-10-26(11-13-27)9-5-8-24-20(28)18-15-19(31-25-18)16-6-4-7-17(23)14-16/h4,6-7,14-15H,5,8-13H2,1-3H3,(H,24,28). The van der Waals surface area contributed by atoms with Gasteiger partial charge in [-0.05, 0) is 45.9 Å². The molecule has 1 aromatic heterocycles. The molecule has 0 radical (unpaired) electrons. The van der Waals surface area contributed by atoms with Crippen LogP contribution in [0.1, 0.15) is 37.7 Å². The van der Waals surface area contributed by atoms with E-state index in [9.17, 15) is 9.59 Å². The zero-order valence-electron chi connectivity index (χ0n) is 18.2. The van der Waals surface area contributed by atoms with Crippen LogP contribution in [-0.2, 0) is 4.74 Å². The number of halogens is 1. The maximum absolute atomic E-state index is 12.3. The van der Waals surface area contributed by atoms with Crippen LogP contribution in [0.4, 0.5) is 4.79 Å². The molecule has 0 aliphatic carbocycles. The summed E-state index contributed by atoms with van der Waals surface area (Å²) >= 11 is 5.99. The van der Waals surface area contributed by atoms with Crippen LogP contribution in [0.15, 0.2) is 34.9 Å². The van der Waals surface area contributed by atoms with E-state index in [0.717, 1.165) is 31.6 Å². The molecule has 1 aliphatic heterocycles. The van der Waals surface area contributed by atoms with Crippen molar-refractivity contribution >= 4 is 23.6 Å². The van der Waals surface area contributed by atoms with Crippen LogP contribution < -0.4 is 5.32 Å². The van der Waals surface area contributed by atoms with Gasteiger partial charge in [-0.1, -0.05) is 28.9 Å². The Labute approximate surface area is 187 Å². The monoisotopic (exact) mass is 448 g/mol. The first-order chi connectivity index (χ1) is 14.7. The highest BCUT2D eigenvalue weighted by atomic mass is 35.5. The zero-order valence-corrected chi connectivity index (χ0v) is 18.9. The van der Waals surface area contributed by atoms with Gasteiger partial charge in [0.05, 0.1) is 0 Å². The first-order valence-corrected chi connectivity index (χ1v) is 10.8. The van der Waals surface area contributed by atoms with Crippen molar-refractivity contribution in [3.8, 4) is 11.3 Å². The quantitative estimate of drug-likeness (QED) is 0.678. The van der Waals surface area contributed by atoms with Crippen LogP contribution in [0.5, 0.6) is 0 Å². The number of amides is 2. The van der Waals surface area contributed by atoms with Gasteiger partial charge in [-0.25, -0.2) is 4.79 Å². The molecular formula is C22H29ClN4O4. The summed E-state index contributed by atoms with van der Waals surface area (Å²) in [7, 11) is 0. The summed E-state index contributed by atoms with van der Waals surface area (Å²) in [4.78, 5) is 28.4. The van der Waals surface area contributed by atoms with E-state index in [1.165, 1.54) is 0 Å². The van der Waals surface area contributed by atoms with E-state index in [-0.39, 0.29) is 17.7 Å². The second-order valence-electron chi connectivity index (χ2n) is 8.51. The molecule has 1 aliphatic rings. The molecular weight excluding hydrogens is 420 g/mol. The zero-order chi connectivity index (χ0) is 22.4. The van der Waals surface area contributed by atoms with Crippen molar-refractivity contribution in [3.63, 3.8) is 0 Å². The Morgan fingerprint density at radius 2 is 1.94 bits per heavy atom. The number of carbonyl (C=O) groups excluding carboxylic acids is 2. The lowest BCUT2D eigenvalue weighted by atomic mass is 10.1. The number of piperazine rings is 1. The van der Waals surface area contributed by atoms with E-state index < -0.39 is 5.60 Å². The fourth-order valence-electron chi connectivity index (χ4n) is 3.24. The molecule has 2 aromatic rings. The molecule has 168 valence electrons. The summed E-state index contributed by atoms with van der Waals surface area (Å²) < 4.78 is 10.7. The Kier molecular flexibility index (Phi) is 7.56. The molecule has 0 bridgehead atoms. The molecule has 9 heteroatoms. The first kappa shape index (κ1) is 23.1. The van der Waals surface area contributed by atoms with Crippen molar-refractivity contribution in [3.05, 3.63) is 41.0 Å². The predicted octanol–water partition coefficient (Wildman–Crippen LogP) is 3.67. The lowest BCUT2D eigenvalue weighted by Gasteiger charge is -2.35. The van der Waals surface area contributed by atoms with Crippen molar-refractivity contribution in [2.45, 2.75) is 32.8 Å². The van der Waals surface area contributed by atoms with Gasteiger partial charge >= 0.3 is 6.09 Å². The van der Waals surface area contributed by atoms with Crippen molar-refractivity contribution < 1.29 is 18.8 Å². The molecule has 0 atom stereocenters. The van der Waals surface area contributed by atoms with Crippen LogP contribution in [0.3, 0.4) is 0 Å². The molecule has 8 nitrogen and oxygen atoms in total. The Morgan fingerprint density at radius 1 is 1.19 bits per heavy atom. The second kappa shape index (κ2) is 10.2. The van der Waals surface area contributed by atoms with Crippen molar-refractivity contribution in [2.24, 2.45) is 0 Å². The number of aromatic nitrogens is 1. The average molecular weight is 449 g/mol. The molecule has 0 unspecified atom stereocenters. The lowest BCUT2D eigenvalue weighted by Crippen LogP contribution is -2.50. The van der Waals surface area contributed by atoms with Crippen LogP contribution in [-0.4, -0.2) is 71.8 Å². The Morgan fingerprint density at radius 3 is 2.61 bits per heavy atom. The number of carbonyl (C=O) groups is 2. The lowest BCUT2D eigenvalue weighted by molar-refractivity contribution is 0.0144. The van der Waals surface area contributed by atoms with E-state index in [0.29, 0.717) is 30.4 Å². The molecule has 2 heterocycles. The molecule has 1 aromatic carbocycles. The van der Waals surface area contributed by atoms with E-state index in [1.807, 2.05) is 32.9 Å².